The van der Waals surface area contributed by atoms with Crippen LogP contribution in [0.1, 0.15) is 44.9 Å². The molecule has 0 spiro atoms. The summed E-state index contributed by atoms with van der Waals surface area (Å²) in [6, 6.07) is 0. The summed E-state index contributed by atoms with van der Waals surface area (Å²) in [6.45, 7) is 0.690. The van der Waals surface area contributed by atoms with Gasteiger partial charge in [-0.3, -0.25) is 9.59 Å². The molecule has 7 N–H and O–H groups in total. The number of thioether (sulfide) groups is 2. The number of Topliss-reactive ketones (excluding diaryl/α,β-unsaturated/α-hetero) is 2. The van der Waals surface area contributed by atoms with Crippen molar-refractivity contribution in [3.8, 4) is 11.5 Å². The fourth-order valence-corrected chi connectivity index (χ4v) is 5.54. The van der Waals surface area contributed by atoms with Gasteiger partial charge in [-0.05, 0) is 6.92 Å². The number of aliphatic hydroxyl groups excluding tert-OH is 4. The second-order valence-corrected chi connectivity index (χ2v) is 9.43. The van der Waals surface area contributed by atoms with Crippen molar-refractivity contribution in [1.29, 1.82) is 0 Å². The first-order chi connectivity index (χ1) is 14.1. The van der Waals surface area contributed by atoms with E-state index >= 15 is 0 Å². The third kappa shape index (κ3) is 3.54. The van der Waals surface area contributed by atoms with E-state index in [1.54, 1.807) is 0 Å². The highest BCUT2D eigenvalue weighted by Crippen LogP contribution is 2.51. The van der Waals surface area contributed by atoms with E-state index in [0.29, 0.717) is 0 Å². The van der Waals surface area contributed by atoms with Gasteiger partial charge in [-0.1, -0.05) is 0 Å². The number of hydrogen-bond donors (Lipinski definition) is 7. The number of carbonyl (C=O) groups is 2. The van der Waals surface area contributed by atoms with Crippen LogP contribution in [-0.2, 0) is 6.42 Å². The SMILES string of the molecule is CC1(O)Cc2c(O)c3c(c(O)c2C(O)C1O)C(=O)C(SCCO)=C(SCCO)C3=O. The summed E-state index contributed by atoms with van der Waals surface area (Å²) in [4.78, 5) is 26.3. The minimum absolute atomic E-state index is 0.0298. The second kappa shape index (κ2) is 8.50. The standard InChI is InChI=1S/C19H22O9S2/c1-19(28)6-7-8(15(26)18(19)27)12(23)10-9(11(7)22)13(24)16(29-4-2-20)17(14(10)25)30-5-3-21/h15,18,20-23,26-28H,2-6H2,1H3. The van der Waals surface area contributed by atoms with Gasteiger partial charge in [0.1, 0.15) is 23.7 Å². The lowest BCUT2D eigenvalue weighted by Crippen LogP contribution is -2.48. The number of aromatic hydroxyl groups is 2. The number of phenolic OH excluding ortho intramolecular Hbond substituents is 2. The first kappa shape index (κ1) is 23.1. The molecular weight excluding hydrogens is 436 g/mol. The minimum atomic E-state index is -1.85. The molecule has 1 aromatic carbocycles. The number of rotatable bonds is 6. The fraction of sp³-hybridized carbons (Fsp3) is 0.474. The Morgan fingerprint density at radius 1 is 0.933 bits per heavy atom. The van der Waals surface area contributed by atoms with Crippen LogP contribution in [0.25, 0.3) is 0 Å². The molecule has 30 heavy (non-hydrogen) atoms. The molecule has 164 valence electrons. The van der Waals surface area contributed by atoms with E-state index in [1.807, 2.05) is 0 Å². The summed E-state index contributed by atoms with van der Waals surface area (Å²) in [6.07, 6.45) is -3.87. The van der Waals surface area contributed by atoms with Crippen LogP contribution in [0, 0.1) is 0 Å². The average Bonchev–Trinajstić information content (AvgIpc) is 2.69. The number of ketones is 2. The van der Waals surface area contributed by atoms with Gasteiger partial charge in [0, 0.05) is 29.1 Å². The van der Waals surface area contributed by atoms with Gasteiger partial charge in [-0.25, -0.2) is 0 Å². The Balaban J connectivity index is 2.27. The molecule has 0 saturated carbocycles. The Labute approximate surface area is 180 Å². The smallest absolute Gasteiger partial charge is 0.205 e. The molecule has 1 aromatic rings. The molecule has 3 atom stereocenters. The molecule has 2 aliphatic rings. The zero-order valence-electron chi connectivity index (χ0n) is 16.0. The normalized spacial score (nSPS) is 26.1. The van der Waals surface area contributed by atoms with Crippen molar-refractivity contribution >= 4 is 35.1 Å². The molecule has 0 fully saturated rings. The van der Waals surface area contributed by atoms with Crippen LogP contribution >= 0.6 is 23.5 Å². The van der Waals surface area contributed by atoms with Crippen LogP contribution in [0.2, 0.25) is 0 Å². The molecule has 0 aliphatic heterocycles. The Morgan fingerprint density at radius 3 is 1.87 bits per heavy atom. The van der Waals surface area contributed by atoms with Crippen molar-refractivity contribution in [2.45, 2.75) is 31.2 Å². The number of fused-ring (bicyclic) bond motifs is 2. The monoisotopic (exact) mass is 458 g/mol. The van der Waals surface area contributed by atoms with Crippen LogP contribution < -0.4 is 0 Å². The van der Waals surface area contributed by atoms with Gasteiger partial charge in [0.2, 0.25) is 11.6 Å². The van der Waals surface area contributed by atoms with Crippen LogP contribution in [0.3, 0.4) is 0 Å². The van der Waals surface area contributed by atoms with Crippen molar-refractivity contribution in [2.75, 3.05) is 24.7 Å². The van der Waals surface area contributed by atoms with Gasteiger partial charge in [0.05, 0.1) is 39.8 Å². The van der Waals surface area contributed by atoms with Crippen molar-refractivity contribution in [3.63, 3.8) is 0 Å². The highest BCUT2D eigenvalue weighted by molar-refractivity contribution is 8.08. The molecule has 0 heterocycles. The highest BCUT2D eigenvalue weighted by Gasteiger charge is 2.48. The summed E-state index contributed by atoms with van der Waals surface area (Å²) in [5, 5.41) is 70.9. The Kier molecular flexibility index (Phi) is 6.54. The maximum absolute atomic E-state index is 13.2. The summed E-state index contributed by atoms with van der Waals surface area (Å²) in [5.74, 6) is -2.74. The number of phenols is 2. The van der Waals surface area contributed by atoms with Gasteiger partial charge >= 0.3 is 0 Å². The molecule has 3 rings (SSSR count). The van der Waals surface area contributed by atoms with E-state index in [-0.39, 0.29) is 52.1 Å². The average molecular weight is 459 g/mol. The molecule has 0 saturated heterocycles. The first-order valence-corrected chi connectivity index (χ1v) is 11.1. The van der Waals surface area contributed by atoms with Gasteiger partial charge in [-0.2, -0.15) is 0 Å². The highest BCUT2D eigenvalue weighted by atomic mass is 32.2. The molecule has 0 amide bonds. The predicted molar refractivity (Wildman–Crippen MR) is 110 cm³/mol. The fourth-order valence-electron chi connectivity index (χ4n) is 3.68. The van der Waals surface area contributed by atoms with E-state index < -0.39 is 52.0 Å². The zero-order valence-corrected chi connectivity index (χ0v) is 17.6. The first-order valence-electron chi connectivity index (χ1n) is 9.08. The van der Waals surface area contributed by atoms with Gasteiger partial charge < -0.3 is 35.7 Å². The third-order valence-electron chi connectivity index (χ3n) is 5.10. The molecule has 0 radical (unpaired) electrons. The second-order valence-electron chi connectivity index (χ2n) is 7.22. The number of allylic oxidation sites excluding steroid dienone is 2. The number of aliphatic hydroxyl groups is 5. The molecule has 2 aliphatic carbocycles. The molecular formula is C19H22O9S2. The predicted octanol–water partition coefficient (Wildman–Crippen LogP) is -0.159. The van der Waals surface area contributed by atoms with Crippen LogP contribution in [0.5, 0.6) is 11.5 Å². The van der Waals surface area contributed by atoms with Crippen molar-refractivity contribution in [1.82, 2.24) is 0 Å². The van der Waals surface area contributed by atoms with Gasteiger partial charge in [0.15, 0.2) is 0 Å². The minimum Gasteiger partial charge on any atom is -0.507 e. The van der Waals surface area contributed by atoms with Crippen molar-refractivity contribution in [2.24, 2.45) is 0 Å². The maximum Gasteiger partial charge on any atom is 0.205 e. The van der Waals surface area contributed by atoms with Crippen molar-refractivity contribution < 1.29 is 45.3 Å². The Hall–Kier alpha value is -1.60. The largest absolute Gasteiger partial charge is 0.507 e. The summed E-state index contributed by atoms with van der Waals surface area (Å²) in [7, 11) is 0. The quantitative estimate of drug-likeness (QED) is 0.282. The van der Waals surface area contributed by atoms with E-state index in [4.69, 9.17) is 10.2 Å². The summed E-state index contributed by atoms with van der Waals surface area (Å²) in [5.41, 5.74) is -3.25. The van der Waals surface area contributed by atoms with E-state index in [1.165, 1.54) is 6.92 Å². The van der Waals surface area contributed by atoms with Crippen LogP contribution in [-0.4, -0.2) is 83.7 Å². The Bertz CT molecular complexity index is 939. The summed E-state index contributed by atoms with van der Waals surface area (Å²) >= 11 is 1.81. The van der Waals surface area contributed by atoms with E-state index in [0.717, 1.165) is 23.5 Å². The summed E-state index contributed by atoms with van der Waals surface area (Å²) < 4.78 is 0. The van der Waals surface area contributed by atoms with Crippen LogP contribution in [0.4, 0.5) is 0 Å². The third-order valence-corrected chi connectivity index (χ3v) is 7.36. The number of benzene rings is 1. The van der Waals surface area contributed by atoms with Crippen LogP contribution in [0.15, 0.2) is 9.81 Å². The molecule has 0 bridgehead atoms. The van der Waals surface area contributed by atoms with E-state index in [9.17, 15) is 35.1 Å². The molecule has 11 heteroatoms. The lowest BCUT2D eigenvalue weighted by molar-refractivity contribution is -0.126. The number of carbonyl (C=O) groups excluding carboxylic acids is 2. The topological polar surface area (TPSA) is 176 Å². The van der Waals surface area contributed by atoms with E-state index in [2.05, 4.69) is 0 Å². The molecule has 3 unspecified atom stereocenters. The lowest BCUT2D eigenvalue weighted by Gasteiger charge is -2.39. The maximum atomic E-state index is 13.2. The Morgan fingerprint density at radius 2 is 1.40 bits per heavy atom. The molecule has 9 nitrogen and oxygen atoms in total. The zero-order chi connectivity index (χ0) is 22.4. The van der Waals surface area contributed by atoms with Crippen molar-refractivity contribution in [3.05, 3.63) is 32.1 Å². The molecule has 0 aromatic heterocycles. The lowest BCUT2D eigenvalue weighted by atomic mass is 9.74. The van der Waals surface area contributed by atoms with Gasteiger partial charge in [0.25, 0.3) is 0 Å². The van der Waals surface area contributed by atoms with Gasteiger partial charge in [-0.15, -0.1) is 23.5 Å². The number of hydrogen-bond acceptors (Lipinski definition) is 11.